The Kier molecular flexibility index (Phi) is 5.51. The predicted molar refractivity (Wildman–Crippen MR) is 97.4 cm³/mol. The van der Waals surface area contributed by atoms with Crippen molar-refractivity contribution in [2.75, 3.05) is 26.3 Å². The second-order valence-corrected chi connectivity index (χ2v) is 6.56. The van der Waals surface area contributed by atoms with Crippen molar-refractivity contribution in [2.45, 2.75) is 0 Å². The molecule has 1 saturated heterocycles. The lowest BCUT2D eigenvalue weighted by Crippen LogP contribution is -2.33. The Morgan fingerprint density at radius 1 is 1.00 bits per heavy atom. The number of morpholine rings is 1. The maximum absolute atomic E-state index is 5.93. The third-order valence-corrected chi connectivity index (χ3v) is 4.40. The van der Waals surface area contributed by atoms with Gasteiger partial charge in [-0.05, 0) is 48.5 Å². The van der Waals surface area contributed by atoms with Gasteiger partial charge in [-0.15, -0.1) is 0 Å². The third kappa shape index (κ3) is 4.45. The van der Waals surface area contributed by atoms with Crippen LogP contribution in [0.15, 0.2) is 53.0 Å². The average Bonchev–Trinajstić information content (AvgIpc) is 2.59. The molecule has 0 aromatic heterocycles. The van der Waals surface area contributed by atoms with E-state index in [0.717, 1.165) is 52.6 Å². The van der Waals surface area contributed by atoms with Crippen LogP contribution in [0, 0.1) is 11.8 Å². The molecule has 0 N–H and O–H groups in total. The minimum atomic E-state index is 0.723. The fourth-order valence-corrected chi connectivity index (χ4v) is 2.78. The summed E-state index contributed by atoms with van der Waals surface area (Å²) >= 11 is 9.41. The summed E-state index contributed by atoms with van der Waals surface area (Å²) in [7, 11) is 0. The molecule has 1 fully saturated rings. The minimum Gasteiger partial charge on any atom is -0.368 e. The van der Waals surface area contributed by atoms with Crippen LogP contribution in [0.1, 0.15) is 11.1 Å². The molecule has 23 heavy (non-hydrogen) atoms. The monoisotopic (exact) mass is 388 g/mol. The van der Waals surface area contributed by atoms with Gasteiger partial charge in [0.25, 0.3) is 5.71 Å². The molecule has 3 rings (SSSR count). The molecule has 1 aliphatic rings. The van der Waals surface area contributed by atoms with Gasteiger partial charge in [-0.2, -0.15) is 0 Å². The largest absolute Gasteiger partial charge is 0.368 e. The van der Waals surface area contributed by atoms with Gasteiger partial charge in [-0.3, -0.25) is 0 Å². The Bertz CT molecular complexity index is 762. The Morgan fingerprint density at radius 2 is 1.65 bits per heavy atom. The highest BCUT2D eigenvalue weighted by Gasteiger charge is 2.18. The number of hydrogen-bond acceptors (Lipinski definition) is 1. The van der Waals surface area contributed by atoms with Crippen LogP contribution in [0.5, 0.6) is 0 Å². The second-order valence-electron chi connectivity index (χ2n) is 5.21. The molecule has 2 aromatic carbocycles. The van der Waals surface area contributed by atoms with Crippen LogP contribution < -0.4 is 0 Å². The minimum absolute atomic E-state index is 0.723. The predicted octanol–water partition coefficient (Wildman–Crippen LogP) is 3.99. The van der Waals surface area contributed by atoms with Crippen LogP contribution in [0.2, 0.25) is 5.02 Å². The smallest absolute Gasteiger partial charge is 0.259 e. The Labute approximate surface area is 149 Å². The maximum atomic E-state index is 5.93. The number of hydrogen-bond donors (Lipinski definition) is 0. The normalized spacial score (nSPS) is 14.1. The first-order valence-electron chi connectivity index (χ1n) is 7.45. The number of halogens is 2. The lowest BCUT2D eigenvalue weighted by atomic mass is 10.1. The summed E-state index contributed by atoms with van der Waals surface area (Å²) < 4.78 is 8.81. The number of rotatable bonds is 1. The lowest BCUT2D eigenvalue weighted by molar-refractivity contribution is -0.547. The zero-order valence-corrected chi connectivity index (χ0v) is 14.9. The molecule has 0 unspecified atom stereocenters. The van der Waals surface area contributed by atoms with E-state index in [9.17, 15) is 0 Å². The van der Waals surface area contributed by atoms with E-state index in [1.54, 1.807) is 0 Å². The van der Waals surface area contributed by atoms with Gasteiger partial charge in [0, 0.05) is 21.0 Å². The van der Waals surface area contributed by atoms with Gasteiger partial charge < -0.3 is 4.74 Å². The number of nitrogens with zero attached hydrogens (tertiary/aromatic N) is 1. The molecule has 0 atom stereocenters. The standard InChI is InChI=1S/C19H16BrClNO/c20-17-6-4-16(5-7-17)19(22-11-13-23-14-12-22)10-3-15-1-8-18(21)9-2-15/h1-2,4-9H,11-14H2/q+1. The summed E-state index contributed by atoms with van der Waals surface area (Å²) in [5.41, 5.74) is 3.12. The van der Waals surface area contributed by atoms with Crippen LogP contribution in [0.25, 0.3) is 0 Å². The molecule has 0 saturated carbocycles. The van der Waals surface area contributed by atoms with Crippen molar-refractivity contribution >= 4 is 33.2 Å². The summed E-state index contributed by atoms with van der Waals surface area (Å²) in [4.78, 5) is 0. The van der Waals surface area contributed by atoms with Crippen LogP contribution in [-0.4, -0.2) is 36.6 Å². The Hall–Kier alpha value is -1.60. The molecule has 0 amide bonds. The van der Waals surface area contributed by atoms with Gasteiger partial charge in [0.2, 0.25) is 0 Å². The topological polar surface area (TPSA) is 12.2 Å². The first kappa shape index (κ1) is 16.3. The molecule has 0 bridgehead atoms. The van der Waals surface area contributed by atoms with Crippen molar-refractivity contribution in [1.82, 2.24) is 0 Å². The van der Waals surface area contributed by atoms with Gasteiger partial charge in [-0.25, -0.2) is 4.58 Å². The van der Waals surface area contributed by atoms with E-state index in [1.165, 1.54) is 0 Å². The summed E-state index contributed by atoms with van der Waals surface area (Å²) in [5, 5.41) is 0.723. The molecule has 4 heteroatoms. The number of ether oxygens (including phenoxy) is 1. The van der Waals surface area contributed by atoms with Crippen molar-refractivity contribution in [3.63, 3.8) is 0 Å². The zero-order chi connectivity index (χ0) is 16.1. The molecule has 0 aliphatic carbocycles. The zero-order valence-electron chi connectivity index (χ0n) is 12.6. The molecular formula is C19H16BrClNO+. The van der Waals surface area contributed by atoms with Crippen molar-refractivity contribution in [3.05, 3.63) is 69.2 Å². The summed E-state index contributed by atoms with van der Waals surface area (Å²) in [6.45, 7) is 3.20. The highest BCUT2D eigenvalue weighted by Crippen LogP contribution is 2.12. The average molecular weight is 390 g/mol. The van der Waals surface area contributed by atoms with Crippen molar-refractivity contribution in [2.24, 2.45) is 0 Å². The van der Waals surface area contributed by atoms with Crippen molar-refractivity contribution in [1.29, 1.82) is 0 Å². The third-order valence-electron chi connectivity index (χ3n) is 3.61. The highest BCUT2D eigenvalue weighted by molar-refractivity contribution is 9.10. The Morgan fingerprint density at radius 3 is 2.30 bits per heavy atom. The molecule has 2 nitrogen and oxygen atoms in total. The molecular weight excluding hydrogens is 374 g/mol. The summed E-state index contributed by atoms with van der Waals surface area (Å²) in [6, 6.07) is 15.9. The maximum Gasteiger partial charge on any atom is 0.259 e. The van der Waals surface area contributed by atoms with Crippen LogP contribution in [-0.2, 0) is 4.74 Å². The fourth-order valence-electron chi connectivity index (χ4n) is 2.39. The summed E-state index contributed by atoms with van der Waals surface area (Å²) in [5.74, 6) is 6.58. The molecule has 0 radical (unpaired) electrons. The first-order valence-corrected chi connectivity index (χ1v) is 8.63. The quantitative estimate of drug-likeness (QED) is 0.531. The SMILES string of the molecule is Clc1ccc(C#CC(c2ccc(Br)cc2)=[N+]2CCOCC2)cc1. The molecule has 1 aliphatic heterocycles. The van der Waals surface area contributed by atoms with Crippen LogP contribution in [0.3, 0.4) is 0 Å². The Balaban J connectivity index is 1.99. The molecule has 2 aromatic rings. The van der Waals surface area contributed by atoms with E-state index in [-0.39, 0.29) is 0 Å². The van der Waals surface area contributed by atoms with Gasteiger partial charge in [0.15, 0.2) is 13.1 Å². The summed E-state index contributed by atoms with van der Waals surface area (Å²) in [6.07, 6.45) is 0. The van der Waals surface area contributed by atoms with Crippen LogP contribution >= 0.6 is 27.5 Å². The van der Waals surface area contributed by atoms with E-state index in [0.29, 0.717) is 0 Å². The first-order chi connectivity index (χ1) is 11.2. The van der Waals surface area contributed by atoms with E-state index in [4.69, 9.17) is 16.3 Å². The van der Waals surface area contributed by atoms with Gasteiger partial charge >= 0.3 is 0 Å². The highest BCUT2D eigenvalue weighted by atomic mass is 79.9. The molecule has 116 valence electrons. The fraction of sp³-hybridized carbons (Fsp3) is 0.211. The van der Waals surface area contributed by atoms with E-state index in [1.807, 2.05) is 36.4 Å². The van der Waals surface area contributed by atoms with E-state index >= 15 is 0 Å². The number of benzene rings is 2. The van der Waals surface area contributed by atoms with E-state index < -0.39 is 0 Å². The lowest BCUT2D eigenvalue weighted by Gasteiger charge is -2.12. The van der Waals surface area contributed by atoms with Crippen molar-refractivity contribution < 1.29 is 9.31 Å². The van der Waals surface area contributed by atoms with Crippen molar-refractivity contribution in [3.8, 4) is 11.8 Å². The van der Waals surface area contributed by atoms with Gasteiger partial charge in [0.1, 0.15) is 13.2 Å². The molecule has 1 heterocycles. The van der Waals surface area contributed by atoms with Gasteiger partial charge in [0.05, 0.1) is 5.56 Å². The van der Waals surface area contributed by atoms with E-state index in [2.05, 4.69) is 44.5 Å². The van der Waals surface area contributed by atoms with Gasteiger partial charge in [-0.1, -0.05) is 33.5 Å². The second kappa shape index (κ2) is 7.79. The van der Waals surface area contributed by atoms with Crippen LogP contribution in [0.4, 0.5) is 0 Å². The molecule has 0 spiro atoms.